The standard InChI is InChI=1S/C14H12BrFN2O/c15-10-3-1-2-9(6-10)7-14(19)18-13-8-11(17)4-5-12(13)16/h1-6,8H,7,17H2,(H,18,19). The summed E-state index contributed by atoms with van der Waals surface area (Å²) in [5, 5.41) is 2.51. The predicted octanol–water partition coefficient (Wildman–Crippen LogP) is 3.35. The van der Waals surface area contributed by atoms with E-state index < -0.39 is 5.82 Å². The number of hydrogen-bond acceptors (Lipinski definition) is 2. The van der Waals surface area contributed by atoms with Gasteiger partial charge in [-0.2, -0.15) is 0 Å². The quantitative estimate of drug-likeness (QED) is 0.851. The zero-order valence-electron chi connectivity index (χ0n) is 9.99. The van der Waals surface area contributed by atoms with E-state index in [2.05, 4.69) is 21.2 Å². The molecule has 3 nitrogen and oxygen atoms in total. The summed E-state index contributed by atoms with van der Waals surface area (Å²) in [6.07, 6.45) is 0.174. The summed E-state index contributed by atoms with van der Waals surface area (Å²) in [5.74, 6) is -0.792. The van der Waals surface area contributed by atoms with Gasteiger partial charge in [0.15, 0.2) is 0 Å². The van der Waals surface area contributed by atoms with E-state index in [0.717, 1.165) is 10.0 Å². The highest BCUT2D eigenvalue weighted by Crippen LogP contribution is 2.18. The zero-order valence-corrected chi connectivity index (χ0v) is 11.6. The van der Waals surface area contributed by atoms with Crippen LogP contribution in [0.4, 0.5) is 15.8 Å². The minimum absolute atomic E-state index is 0.0972. The number of amides is 1. The fourth-order valence-corrected chi connectivity index (χ4v) is 2.11. The molecule has 0 fully saturated rings. The second-order valence-corrected chi connectivity index (χ2v) is 5.01. The highest BCUT2D eigenvalue weighted by molar-refractivity contribution is 9.10. The first-order valence-electron chi connectivity index (χ1n) is 5.64. The Kier molecular flexibility index (Phi) is 4.16. The molecule has 0 bridgehead atoms. The molecule has 1 amide bonds. The predicted molar refractivity (Wildman–Crippen MR) is 77.3 cm³/mol. The van der Waals surface area contributed by atoms with Crippen LogP contribution in [0.25, 0.3) is 0 Å². The Labute approximate surface area is 118 Å². The molecule has 0 heterocycles. The van der Waals surface area contributed by atoms with Gasteiger partial charge >= 0.3 is 0 Å². The van der Waals surface area contributed by atoms with Gasteiger partial charge in [-0.25, -0.2) is 4.39 Å². The Morgan fingerprint density at radius 2 is 2.05 bits per heavy atom. The SMILES string of the molecule is Nc1ccc(F)c(NC(=O)Cc2cccc(Br)c2)c1. The first-order chi connectivity index (χ1) is 9.04. The average molecular weight is 323 g/mol. The van der Waals surface area contributed by atoms with Gasteiger partial charge in [0, 0.05) is 10.2 Å². The van der Waals surface area contributed by atoms with Gasteiger partial charge in [-0.1, -0.05) is 28.1 Å². The largest absolute Gasteiger partial charge is 0.399 e. The molecule has 0 saturated heterocycles. The van der Waals surface area contributed by atoms with Crippen LogP contribution in [0.2, 0.25) is 0 Å². The third-order valence-corrected chi connectivity index (χ3v) is 3.01. The van der Waals surface area contributed by atoms with Crippen LogP contribution in [0.15, 0.2) is 46.9 Å². The van der Waals surface area contributed by atoms with E-state index in [1.165, 1.54) is 18.2 Å². The van der Waals surface area contributed by atoms with E-state index in [9.17, 15) is 9.18 Å². The highest BCUT2D eigenvalue weighted by Gasteiger charge is 2.08. The number of benzene rings is 2. The van der Waals surface area contributed by atoms with E-state index in [0.29, 0.717) is 5.69 Å². The van der Waals surface area contributed by atoms with Gasteiger partial charge in [0.2, 0.25) is 5.91 Å². The topological polar surface area (TPSA) is 55.1 Å². The molecule has 0 spiro atoms. The maximum atomic E-state index is 13.5. The summed E-state index contributed by atoms with van der Waals surface area (Å²) >= 11 is 3.33. The Balaban J connectivity index is 2.07. The van der Waals surface area contributed by atoms with Crippen LogP contribution >= 0.6 is 15.9 Å². The number of rotatable bonds is 3. The molecule has 2 aromatic carbocycles. The normalized spacial score (nSPS) is 10.2. The van der Waals surface area contributed by atoms with Gasteiger partial charge in [0.25, 0.3) is 0 Å². The van der Waals surface area contributed by atoms with Crippen molar-refractivity contribution in [3.63, 3.8) is 0 Å². The first kappa shape index (κ1) is 13.5. The minimum atomic E-state index is -0.503. The van der Waals surface area contributed by atoms with Gasteiger partial charge in [-0.3, -0.25) is 4.79 Å². The van der Waals surface area contributed by atoms with E-state index in [1.54, 1.807) is 0 Å². The number of nitrogens with one attached hydrogen (secondary N) is 1. The third kappa shape index (κ3) is 3.79. The number of halogens is 2. The van der Waals surface area contributed by atoms with Crippen LogP contribution < -0.4 is 11.1 Å². The van der Waals surface area contributed by atoms with Gasteiger partial charge < -0.3 is 11.1 Å². The van der Waals surface area contributed by atoms with E-state index in [-0.39, 0.29) is 18.0 Å². The fourth-order valence-electron chi connectivity index (χ4n) is 1.67. The molecule has 3 N–H and O–H groups in total. The number of carbonyl (C=O) groups excluding carboxylic acids is 1. The molecule has 5 heteroatoms. The van der Waals surface area contributed by atoms with Crippen LogP contribution in [-0.2, 0) is 11.2 Å². The van der Waals surface area contributed by atoms with Crippen LogP contribution in [0.3, 0.4) is 0 Å². The maximum Gasteiger partial charge on any atom is 0.228 e. The Morgan fingerprint density at radius 1 is 1.26 bits per heavy atom. The summed E-state index contributed by atoms with van der Waals surface area (Å²) in [6.45, 7) is 0. The van der Waals surface area contributed by atoms with Crippen molar-refractivity contribution < 1.29 is 9.18 Å². The van der Waals surface area contributed by atoms with Crippen molar-refractivity contribution in [3.8, 4) is 0 Å². The lowest BCUT2D eigenvalue weighted by atomic mass is 10.1. The molecule has 0 aromatic heterocycles. The van der Waals surface area contributed by atoms with Crippen molar-refractivity contribution >= 4 is 33.2 Å². The number of nitrogen functional groups attached to an aromatic ring is 1. The maximum absolute atomic E-state index is 13.5. The summed E-state index contributed by atoms with van der Waals surface area (Å²) in [6, 6.07) is 11.5. The lowest BCUT2D eigenvalue weighted by Crippen LogP contribution is -2.15. The molecule has 2 rings (SSSR count). The second kappa shape index (κ2) is 5.84. The van der Waals surface area contributed by atoms with Crippen molar-refractivity contribution in [1.29, 1.82) is 0 Å². The molecule has 0 unspecified atom stereocenters. The Bertz CT molecular complexity index is 616. The van der Waals surface area contributed by atoms with Crippen molar-refractivity contribution in [2.24, 2.45) is 0 Å². The number of anilines is 2. The van der Waals surface area contributed by atoms with Gasteiger partial charge in [0.05, 0.1) is 12.1 Å². The number of carbonyl (C=O) groups is 1. The molecule has 0 saturated carbocycles. The first-order valence-corrected chi connectivity index (χ1v) is 6.43. The van der Waals surface area contributed by atoms with Crippen molar-refractivity contribution in [1.82, 2.24) is 0 Å². The van der Waals surface area contributed by atoms with E-state index in [1.807, 2.05) is 24.3 Å². The van der Waals surface area contributed by atoms with Crippen LogP contribution in [0, 0.1) is 5.82 Å². The van der Waals surface area contributed by atoms with Gasteiger partial charge in [0.1, 0.15) is 5.82 Å². The Hall–Kier alpha value is -1.88. The highest BCUT2D eigenvalue weighted by atomic mass is 79.9. The summed E-state index contributed by atoms with van der Waals surface area (Å²) in [4.78, 5) is 11.8. The van der Waals surface area contributed by atoms with Gasteiger partial charge in [-0.05, 0) is 35.9 Å². The summed E-state index contributed by atoms with van der Waals surface area (Å²) in [7, 11) is 0. The summed E-state index contributed by atoms with van der Waals surface area (Å²) in [5.41, 5.74) is 6.89. The van der Waals surface area contributed by atoms with Crippen LogP contribution in [0.5, 0.6) is 0 Å². The zero-order chi connectivity index (χ0) is 13.8. The molecule has 98 valence electrons. The monoisotopic (exact) mass is 322 g/mol. The minimum Gasteiger partial charge on any atom is -0.399 e. The molecule has 0 aliphatic rings. The third-order valence-electron chi connectivity index (χ3n) is 2.52. The van der Waals surface area contributed by atoms with E-state index >= 15 is 0 Å². The van der Waals surface area contributed by atoms with Crippen molar-refractivity contribution in [3.05, 3.63) is 58.3 Å². The molecular formula is C14H12BrFN2O. The van der Waals surface area contributed by atoms with Crippen LogP contribution in [-0.4, -0.2) is 5.91 Å². The molecule has 0 aliphatic heterocycles. The Morgan fingerprint density at radius 3 is 2.79 bits per heavy atom. The average Bonchev–Trinajstić information content (AvgIpc) is 2.34. The molecule has 0 radical (unpaired) electrons. The van der Waals surface area contributed by atoms with Crippen LogP contribution in [0.1, 0.15) is 5.56 Å². The summed E-state index contributed by atoms with van der Waals surface area (Å²) < 4.78 is 14.4. The molecule has 19 heavy (non-hydrogen) atoms. The second-order valence-electron chi connectivity index (χ2n) is 4.09. The smallest absolute Gasteiger partial charge is 0.228 e. The van der Waals surface area contributed by atoms with E-state index in [4.69, 9.17) is 5.73 Å². The van der Waals surface area contributed by atoms with Gasteiger partial charge in [-0.15, -0.1) is 0 Å². The van der Waals surface area contributed by atoms with Crippen molar-refractivity contribution in [2.75, 3.05) is 11.1 Å². The molecule has 0 aliphatic carbocycles. The molecular weight excluding hydrogens is 311 g/mol. The molecule has 2 aromatic rings. The molecule has 0 atom stereocenters. The fraction of sp³-hybridized carbons (Fsp3) is 0.0714. The number of nitrogens with two attached hydrogens (primary N) is 1. The lowest BCUT2D eigenvalue weighted by molar-refractivity contribution is -0.115. The number of hydrogen-bond donors (Lipinski definition) is 2. The lowest BCUT2D eigenvalue weighted by Gasteiger charge is -2.07. The van der Waals surface area contributed by atoms with Crippen molar-refractivity contribution in [2.45, 2.75) is 6.42 Å².